The zero-order chi connectivity index (χ0) is 20.8. The Hall–Kier alpha value is -3.00. The molecule has 0 unspecified atom stereocenters. The first-order valence-corrected chi connectivity index (χ1v) is 9.41. The van der Waals surface area contributed by atoms with Gasteiger partial charge in [0.05, 0.1) is 22.6 Å². The Morgan fingerprint density at radius 1 is 1.04 bits per heavy atom. The van der Waals surface area contributed by atoms with Crippen LogP contribution in [0.15, 0.2) is 24.3 Å². The SMILES string of the molecule is CCOC(=O)c1c(NC(=O)COC(=O)c2ccccc2C)sc(C(C)=O)c1C. The molecule has 1 heterocycles. The van der Waals surface area contributed by atoms with Gasteiger partial charge in [0.2, 0.25) is 0 Å². The fourth-order valence-corrected chi connectivity index (χ4v) is 3.67. The number of anilines is 1. The molecule has 0 radical (unpaired) electrons. The fraction of sp³-hybridized carbons (Fsp3) is 0.300. The standard InChI is InChI=1S/C20H21NO6S/c1-5-26-20(25)16-12(3)17(13(4)22)28-18(16)21-15(23)10-27-19(24)14-9-7-6-8-11(14)2/h6-9H,5,10H2,1-4H3,(H,21,23). The van der Waals surface area contributed by atoms with Crippen LogP contribution in [0.2, 0.25) is 0 Å². The second kappa shape index (κ2) is 9.27. The maximum Gasteiger partial charge on any atom is 0.341 e. The minimum atomic E-state index is -0.629. The molecule has 0 fully saturated rings. The highest BCUT2D eigenvalue weighted by Gasteiger charge is 2.25. The molecule has 0 bridgehead atoms. The Morgan fingerprint density at radius 3 is 2.32 bits per heavy atom. The van der Waals surface area contributed by atoms with Gasteiger partial charge in [-0.15, -0.1) is 11.3 Å². The average Bonchev–Trinajstić information content (AvgIpc) is 2.96. The number of hydrogen-bond acceptors (Lipinski definition) is 7. The number of hydrogen-bond donors (Lipinski definition) is 1. The summed E-state index contributed by atoms with van der Waals surface area (Å²) in [5.41, 5.74) is 1.68. The molecule has 0 spiro atoms. The minimum Gasteiger partial charge on any atom is -0.462 e. The number of rotatable bonds is 7. The number of benzene rings is 1. The number of aryl methyl sites for hydroxylation is 1. The van der Waals surface area contributed by atoms with E-state index < -0.39 is 24.5 Å². The third-order valence-corrected chi connectivity index (χ3v) is 5.21. The number of carbonyl (C=O) groups excluding carboxylic acids is 4. The van der Waals surface area contributed by atoms with Gasteiger partial charge in [-0.1, -0.05) is 18.2 Å². The molecule has 0 aliphatic rings. The van der Waals surface area contributed by atoms with Crippen LogP contribution in [0.3, 0.4) is 0 Å². The van der Waals surface area contributed by atoms with E-state index in [1.54, 1.807) is 45.0 Å². The molecule has 1 amide bonds. The second-order valence-corrected chi connectivity index (χ2v) is 7.00. The highest BCUT2D eigenvalue weighted by molar-refractivity contribution is 7.18. The van der Waals surface area contributed by atoms with E-state index in [0.717, 1.165) is 16.9 Å². The van der Waals surface area contributed by atoms with Crippen molar-refractivity contribution in [1.29, 1.82) is 0 Å². The van der Waals surface area contributed by atoms with Gasteiger partial charge in [0, 0.05) is 0 Å². The highest BCUT2D eigenvalue weighted by Crippen LogP contribution is 2.34. The van der Waals surface area contributed by atoms with Crippen molar-refractivity contribution in [2.75, 3.05) is 18.5 Å². The summed E-state index contributed by atoms with van der Waals surface area (Å²) in [4.78, 5) is 48.7. The Balaban J connectivity index is 2.14. The smallest absolute Gasteiger partial charge is 0.341 e. The number of Topliss-reactive ketones (excluding diaryl/α,β-unsaturated/α-hetero) is 1. The first-order chi connectivity index (χ1) is 13.3. The van der Waals surface area contributed by atoms with Crippen molar-refractivity contribution in [3.8, 4) is 0 Å². The van der Waals surface area contributed by atoms with Crippen molar-refractivity contribution >= 4 is 40.0 Å². The summed E-state index contributed by atoms with van der Waals surface area (Å²) >= 11 is 0.987. The first-order valence-electron chi connectivity index (χ1n) is 8.60. The van der Waals surface area contributed by atoms with Crippen molar-refractivity contribution in [3.05, 3.63) is 51.4 Å². The molecule has 0 aliphatic carbocycles. The fourth-order valence-electron chi connectivity index (χ4n) is 2.56. The first kappa shape index (κ1) is 21.3. The van der Waals surface area contributed by atoms with Gasteiger partial charge in [-0.2, -0.15) is 0 Å². The third-order valence-electron chi connectivity index (χ3n) is 3.90. The van der Waals surface area contributed by atoms with Gasteiger partial charge in [0.15, 0.2) is 12.4 Å². The van der Waals surface area contributed by atoms with Crippen LogP contribution < -0.4 is 5.32 Å². The molecule has 7 nitrogen and oxygen atoms in total. The Bertz CT molecular complexity index is 931. The lowest BCUT2D eigenvalue weighted by atomic mass is 10.1. The summed E-state index contributed by atoms with van der Waals surface area (Å²) in [6, 6.07) is 6.87. The molecule has 1 aromatic carbocycles. The van der Waals surface area contributed by atoms with E-state index in [-0.39, 0.29) is 23.0 Å². The van der Waals surface area contributed by atoms with Crippen LogP contribution in [0.4, 0.5) is 5.00 Å². The lowest BCUT2D eigenvalue weighted by Gasteiger charge is -2.08. The molecule has 1 aromatic heterocycles. The van der Waals surface area contributed by atoms with E-state index in [1.807, 2.05) is 0 Å². The van der Waals surface area contributed by atoms with Crippen LogP contribution in [0, 0.1) is 13.8 Å². The topological polar surface area (TPSA) is 98.8 Å². The number of ether oxygens (including phenoxy) is 2. The van der Waals surface area contributed by atoms with Crippen LogP contribution in [-0.4, -0.2) is 36.8 Å². The van der Waals surface area contributed by atoms with Crippen molar-refractivity contribution < 1.29 is 28.7 Å². The number of esters is 2. The normalized spacial score (nSPS) is 10.3. The molecule has 1 N–H and O–H groups in total. The van der Waals surface area contributed by atoms with Crippen LogP contribution in [0.25, 0.3) is 0 Å². The molecule has 2 rings (SSSR count). The lowest BCUT2D eigenvalue weighted by Crippen LogP contribution is -2.22. The zero-order valence-corrected chi connectivity index (χ0v) is 16.9. The molecule has 2 aromatic rings. The maximum absolute atomic E-state index is 12.2. The minimum absolute atomic E-state index is 0.135. The Labute approximate surface area is 166 Å². The van der Waals surface area contributed by atoms with E-state index in [2.05, 4.69) is 5.32 Å². The number of amides is 1. The van der Waals surface area contributed by atoms with Gasteiger partial charge in [-0.05, 0) is 44.9 Å². The number of thiophene rings is 1. The van der Waals surface area contributed by atoms with Crippen molar-refractivity contribution in [2.45, 2.75) is 27.7 Å². The second-order valence-electron chi connectivity index (χ2n) is 5.98. The van der Waals surface area contributed by atoms with Gasteiger partial charge in [0.1, 0.15) is 5.00 Å². The number of ketones is 1. The van der Waals surface area contributed by atoms with Crippen LogP contribution in [0.5, 0.6) is 0 Å². The number of carbonyl (C=O) groups is 4. The molecular formula is C20H21NO6S. The zero-order valence-electron chi connectivity index (χ0n) is 16.1. The molecule has 28 heavy (non-hydrogen) atoms. The van der Waals surface area contributed by atoms with Gasteiger partial charge >= 0.3 is 11.9 Å². The van der Waals surface area contributed by atoms with Crippen molar-refractivity contribution in [1.82, 2.24) is 0 Å². The van der Waals surface area contributed by atoms with Gasteiger partial charge in [-0.3, -0.25) is 9.59 Å². The summed E-state index contributed by atoms with van der Waals surface area (Å²) in [6.45, 7) is 6.05. The Kier molecular flexibility index (Phi) is 7.06. The largest absolute Gasteiger partial charge is 0.462 e. The predicted octanol–water partition coefficient (Wildman–Crippen LogP) is 3.54. The van der Waals surface area contributed by atoms with Crippen LogP contribution in [-0.2, 0) is 14.3 Å². The van der Waals surface area contributed by atoms with Crippen molar-refractivity contribution in [2.24, 2.45) is 0 Å². The Morgan fingerprint density at radius 2 is 1.71 bits per heavy atom. The van der Waals surface area contributed by atoms with Crippen molar-refractivity contribution in [3.63, 3.8) is 0 Å². The maximum atomic E-state index is 12.2. The van der Waals surface area contributed by atoms with E-state index >= 15 is 0 Å². The van der Waals surface area contributed by atoms with Gasteiger partial charge in [-0.25, -0.2) is 9.59 Å². The van der Waals surface area contributed by atoms with Gasteiger partial charge in [0.25, 0.3) is 5.91 Å². The summed E-state index contributed by atoms with van der Waals surface area (Å²) in [5.74, 6) is -2.09. The lowest BCUT2D eigenvalue weighted by molar-refractivity contribution is -0.119. The summed E-state index contributed by atoms with van der Waals surface area (Å²) in [5, 5.41) is 2.73. The van der Waals surface area contributed by atoms with E-state index in [1.165, 1.54) is 6.92 Å². The molecular weight excluding hydrogens is 382 g/mol. The van der Waals surface area contributed by atoms with E-state index in [4.69, 9.17) is 9.47 Å². The third kappa shape index (κ3) is 4.83. The van der Waals surface area contributed by atoms with E-state index in [9.17, 15) is 19.2 Å². The molecule has 0 aliphatic heterocycles. The summed E-state index contributed by atoms with van der Waals surface area (Å²) in [7, 11) is 0. The predicted molar refractivity (Wildman–Crippen MR) is 105 cm³/mol. The highest BCUT2D eigenvalue weighted by atomic mass is 32.1. The molecule has 0 saturated carbocycles. The average molecular weight is 403 g/mol. The molecule has 0 saturated heterocycles. The summed E-state index contributed by atoms with van der Waals surface area (Å²) in [6.07, 6.45) is 0. The molecule has 8 heteroatoms. The van der Waals surface area contributed by atoms with E-state index in [0.29, 0.717) is 16.0 Å². The van der Waals surface area contributed by atoms with Crippen LogP contribution in [0.1, 0.15) is 55.4 Å². The monoisotopic (exact) mass is 403 g/mol. The molecule has 0 atom stereocenters. The van der Waals surface area contributed by atoms with Crippen LogP contribution >= 0.6 is 11.3 Å². The van der Waals surface area contributed by atoms with Gasteiger partial charge < -0.3 is 14.8 Å². The summed E-state index contributed by atoms with van der Waals surface area (Å²) < 4.78 is 10.1. The number of nitrogens with one attached hydrogen (secondary N) is 1. The molecule has 148 valence electrons. The quantitative estimate of drug-likeness (QED) is 0.561.